The standard InChI is InChI=1S/C12H10N2O3S/c1-7-2-5-10(18-7)11(15)14-8-3-4-9(12(16)17)13-6-8/h2-6H,1H3,(H,14,15)(H,16,17). The molecule has 0 fully saturated rings. The first-order valence-corrected chi connectivity index (χ1v) is 5.95. The molecule has 0 aromatic carbocycles. The molecule has 0 atom stereocenters. The first-order valence-electron chi connectivity index (χ1n) is 5.13. The van der Waals surface area contributed by atoms with Gasteiger partial charge in [-0.2, -0.15) is 0 Å². The number of nitrogens with one attached hydrogen (secondary N) is 1. The first kappa shape index (κ1) is 12.3. The summed E-state index contributed by atoms with van der Waals surface area (Å²) in [5.74, 6) is -1.32. The minimum absolute atomic E-state index is 0.0556. The minimum Gasteiger partial charge on any atom is -0.477 e. The monoisotopic (exact) mass is 262 g/mol. The molecule has 1 amide bonds. The topological polar surface area (TPSA) is 79.3 Å². The quantitative estimate of drug-likeness (QED) is 0.890. The Morgan fingerprint density at radius 3 is 2.56 bits per heavy atom. The zero-order chi connectivity index (χ0) is 13.1. The molecule has 5 nitrogen and oxygen atoms in total. The highest BCUT2D eigenvalue weighted by molar-refractivity contribution is 7.14. The minimum atomic E-state index is -1.10. The van der Waals surface area contributed by atoms with Gasteiger partial charge in [0, 0.05) is 4.88 Å². The predicted molar refractivity (Wildman–Crippen MR) is 68.2 cm³/mol. The second kappa shape index (κ2) is 4.97. The molecule has 2 heterocycles. The van der Waals surface area contributed by atoms with Crippen LogP contribution in [0.1, 0.15) is 25.0 Å². The van der Waals surface area contributed by atoms with Crippen molar-refractivity contribution in [1.82, 2.24) is 4.98 Å². The van der Waals surface area contributed by atoms with Crippen molar-refractivity contribution in [2.45, 2.75) is 6.92 Å². The van der Waals surface area contributed by atoms with E-state index in [9.17, 15) is 9.59 Å². The Morgan fingerprint density at radius 2 is 2.06 bits per heavy atom. The van der Waals surface area contributed by atoms with Crippen molar-refractivity contribution < 1.29 is 14.7 Å². The molecule has 0 aliphatic rings. The molecular weight excluding hydrogens is 252 g/mol. The molecule has 0 aliphatic carbocycles. The van der Waals surface area contributed by atoms with Gasteiger partial charge >= 0.3 is 5.97 Å². The van der Waals surface area contributed by atoms with Crippen molar-refractivity contribution >= 4 is 28.9 Å². The molecule has 2 aromatic heterocycles. The molecule has 92 valence electrons. The highest BCUT2D eigenvalue weighted by Crippen LogP contribution is 2.17. The maximum absolute atomic E-state index is 11.8. The van der Waals surface area contributed by atoms with E-state index in [0.29, 0.717) is 10.6 Å². The van der Waals surface area contributed by atoms with E-state index >= 15 is 0 Å². The second-order valence-corrected chi connectivity index (χ2v) is 4.89. The number of rotatable bonds is 3. The van der Waals surface area contributed by atoms with Gasteiger partial charge in [-0.05, 0) is 31.2 Å². The highest BCUT2D eigenvalue weighted by Gasteiger charge is 2.09. The van der Waals surface area contributed by atoms with Crippen molar-refractivity contribution in [3.05, 3.63) is 45.9 Å². The molecule has 0 unspecified atom stereocenters. The van der Waals surface area contributed by atoms with Crippen LogP contribution in [-0.2, 0) is 0 Å². The van der Waals surface area contributed by atoms with Crippen LogP contribution in [0, 0.1) is 6.92 Å². The number of carbonyl (C=O) groups is 2. The second-order valence-electron chi connectivity index (χ2n) is 3.60. The smallest absolute Gasteiger partial charge is 0.354 e. The Labute approximate surface area is 107 Å². The fraction of sp³-hybridized carbons (Fsp3) is 0.0833. The molecule has 0 spiro atoms. The summed E-state index contributed by atoms with van der Waals surface area (Å²) < 4.78 is 0. The van der Waals surface area contributed by atoms with Gasteiger partial charge < -0.3 is 10.4 Å². The largest absolute Gasteiger partial charge is 0.477 e. The molecule has 2 N–H and O–H groups in total. The van der Waals surface area contributed by atoms with E-state index in [1.165, 1.54) is 29.7 Å². The normalized spacial score (nSPS) is 10.1. The number of hydrogen-bond acceptors (Lipinski definition) is 4. The molecule has 2 aromatic rings. The van der Waals surface area contributed by atoms with Crippen LogP contribution in [-0.4, -0.2) is 22.0 Å². The van der Waals surface area contributed by atoms with E-state index in [1.807, 2.05) is 13.0 Å². The molecule has 0 bridgehead atoms. The summed E-state index contributed by atoms with van der Waals surface area (Å²) in [6, 6.07) is 6.46. The Kier molecular flexibility index (Phi) is 3.38. The number of hydrogen-bond donors (Lipinski definition) is 2. The van der Waals surface area contributed by atoms with Crippen molar-refractivity contribution in [2.75, 3.05) is 5.32 Å². The lowest BCUT2D eigenvalue weighted by molar-refractivity contribution is 0.0690. The van der Waals surface area contributed by atoms with Crippen LogP contribution in [0.4, 0.5) is 5.69 Å². The number of pyridine rings is 1. The van der Waals surface area contributed by atoms with Gasteiger partial charge in [0.25, 0.3) is 5.91 Å². The van der Waals surface area contributed by atoms with Crippen molar-refractivity contribution in [3.8, 4) is 0 Å². The van der Waals surface area contributed by atoms with E-state index < -0.39 is 5.97 Å². The molecule has 2 rings (SSSR count). The van der Waals surface area contributed by atoms with E-state index in [0.717, 1.165) is 4.88 Å². The van der Waals surface area contributed by atoms with E-state index in [4.69, 9.17) is 5.11 Å². The number of nitrogens with zero attached hydrogens (tertiary/aromatic N) is 1. The van der Waals surface area contributed by atoms with Crippen molar-refractivity contribution in [3.63, 3.8) is 0 Å². The fourth-order valence-corrected chi connectivity index (χ4v) is 2.11. The van der Waals surface area contributed by atoms with E-state index in [-0.39, 0.29) is 11.6 Å². The molecule has 6 heteroatoms. The first-order chi connectivity index (χ1) is 8.56. The summed E-state index contributed by atoms with van der Waals surface area (Å²) >= 11 is 1.40. The van der Waals surface area contributed by atoms with Gasteiger partial charge in [0.2, 0.25) is 0 Å². The van der Waals surface area contributed by atoms with Crippen LogP contribution in [0.5, 0.6) is 0 Å². The van der Waals surface area contributed by atoms with Gasteiger partial charge in [-0.15, -0.1) is 11.3 Å². The Hall–Kier alpha value is -2.21. The van der Waals surface area contributed by atoms with Gasteiger partial charge in [0.05, 0.1) is 16.8 Å². The van der Waals surface area contributed by atoms with Crippen molar-refractivity contribution in [2.24, 2.45) is 0 Å². The van der Waals surface area contributed by atoms with Crippen LogP contribution in [0.25, 0.3) is 0 Å². The molecule has 0 saturated heterocycles. The Morgan fingerprint density at radius 1 is 1.28 bits per heavy atom. The third-order valence-corrected chi connectivity index (χ3v) is 3.20. The Bertz CT molecular complexity index is 590. The number of aromatic carboxylic acids is 1. The molecule has 0 radical (unpaired) electrons. The number of anilines is 1. The summed E-state index contributed by atoms with van der Waals surface area (Å²) in [4.78, 5) is 27.8. The summed E-state index contributed by atoms with van der Waals surface area (Å²) in [6.07, 6.45) is 1.32. The number of carboxylic acids is 1. The van der Waals surface area contributed by atoms with Gasteiger partial charge in [-0.25, -0.2) is 9.78 Å². The van der Waals surface area contributed by atoms with Crippen LogP contribution >= 0.6 is 11.3 Å². The number of aromatic nitrogens is 1. The predicted octanol–water partition coefficient (Wildman–Crippen LogP) is 2.40. The van der Waals surface area contributed by atoms with Crippen molar-refractivity contribution in [1.29, 1.82) is 0 Å². The lowest BCUT2D eigenvalue weighted by Gasteiger charge is -2.03. The summed E-state index contributed by atoms with van der Waals surface area (Å²) in [5, 5.41) is 11.3. The highest BCUT2D eigenvalue weighted by atomic mass is 32.1. The Balaban J connectivity index is 2.10. The maximum atomic E-state index is 11.8. The van der Waals surface area contributed by atoms with Crippen LogP contribution in [0.15, 0.2) is 30.5 Å². The van der Waals surface area contributed by atoms with Gasteiger partial charge in [0.1, 0.15) is 5.69 Å². The molecule has 0 saturated carbocycles. The van der Waals surface area contributed by atoms with E-state index in [2.05, 4.69) is 10.3 Å². The maximum Gasteiger partial charge on any atom is 0.354 e. The summed E-state index contributed by atoms with van der Waals surface area (Å²) in [6.45, 7) is 1.92. The number of carboxylic acid groups (broad SMARTS) is 1. The van der Waals surface area contributed by atoms with Crippen LogP contribution < -0.4 is 5.32 Å². The van der Waals surface area contributed by atoms with Gasteiger partial charge in [-0.3, -0.25) is 4.79 Å². The van der Waals surface area contributed by atoms with Crippen LogP contribution in [0.3, 0.4) is 0 Å². The third kappa shape index (κ3) is 2.72. The number of aryl methyl sites for hydroxylation is 1. The SMILES string of the molecule is Cc1ccc(C(=O)Nc2ccc(C(=O)O)nc2)s1. The number of thiophene rings is 1. The molecule has 18 heavy (non-hydrogen) atoms. The van der Waals surface area contributed by atoms with Gasteiger partial charge in [-0.1, -0.05) is 0 Å². The van der Waals surface area contributed by atoms with Crippen LogP contribution in [0.2, 0.25) is 0 Å². The lowest BCUT2D eigenvalue weighted by Crippen LogP contribution is -2.10. The average Bonchev–Trinajstić information content (AvgIpc) is 2.76. The number of carbonyl (C=O) groups excluding carboxylic acids is 1. The molecule has 0 aliphatic heterocycles. The van der Waals surface area contributed by atoms with Gasteiger partial charge in [0.15, 0.2) is 0 Å². The molecular formula is C12H10N2O3S. The zero-order valence-corrected chi connectivity index (χ0v) is 10.3. The average molecular weight is 262 g/mol. The summed E-state index contributed by atoms with van der Waals surface area (Å²) in [7, 11) is 0. The third-order valence-electron chi connectivity index (χ3n) is 2.20. The summed E-state index contributed by atoms with van der Waals surface area (Å²) in [5.41, 5.74) is 0.413. The number of amides is 1. The fourth-order valence-electron chi connectivity index (χ4n) is 1.34. The lowest BCUT2D eigenvalue weighted by atomic mass is 10.3. The van der Waals surface area contributed by atoms with E-state index in [1.54, 1.807) is 6.07 Å². The zero-order valence-electron chi connectivity index (χ0n) is 9.51.